The number of hydrogen-bond acceptors (Lipinski definition) is 5. The van der Waals surface area contributed by atoms with Crippen LogP contribution in [-0.4, -0.2) is 31.1 Å². The molecule has 1 N–H and O–H groups in total. The van der Waals surface area contributed by atoms with Crippen molar-refractivity contribution in [3.05, 3.63) is 107 Å². The number of anilines is 1. The van der Waals surface area contributed by atoms with E-state index in [-0.39, 0.29) is 17.6 Å². The van der Waals surface area contributed by atoms with Crippen molar-refractivity contribution in [3.8, 4) is 27.9 Å². The van der Waals surface area contributed by atoms with Crippen LogP contribution in [0.1, 0.15) is 42.9 Å². The van der Waals surface area contributed by atoms with Gasteiger partial charge in [-0.3, -0.25) is 9.78 Å². The summed E-state index contributed by atoms with van der Waals surface area (Å²) in [5.41, 5.74) is 6.65. The molecule has 0 radical (unpaired) electrons. The van der Waals surface area contributed by atoms with Crippen molar-refractivity contribution in [1.82, 2.24) is 25.2 Å². The minimum Gasteiger partial charge on any atom is -0.326 e. The molecule has 3 heterocycles. The molecular weight excluding hydrogens is 515 g/mol. The molecule has 0 saturated heterocycles. The highest BCUT2D eigenvalue weighted by Crippen LogP contribution is 2.36. The minimum absolute atomic E-state index is 0.0110. The quantitative estimate of drug-likeness (QED) is 0.272. The maximum atomic E-state index is 14.2. The third-order valence-corrected chi connectivity index (χ3v) is 7.25. The molecule has 2 bridgehead atoms. The van der Waals surface area contributed by atoms with Crippen LogP contribution in [0.2, 0.25) is 5.02 Å². The topological polar surface area (TPSA) is 85.6 Å². The highest BCUT2D eigenvalue weighted by atomic mass is 35.5. The van der Waals surface area contributed by atoms with Crippen LogP contribution < -0.4 is 5.32 Å². The lowest BCUT2D eigenvalue weighted by atomic mass is 9.87. The first-order valence-corrected chi connectivity index (χ1v) is 13.1. The van der Waals surface area contributed by atoms with E-state index in [4.69, 9.17) is 16.6 Å². The van der Waals surface area contributed by atoms with Crippen LogP contribution in [0.15, 0.2) is 85.3 Å². The molecule has 5 aromatic rings. The van der Waals surface area contributed by atoms with Gasteiger partial charge in [0, 0.05) is 51.6 Å². The average molecular weight is 539 g/mol. The summed E-state index contributed by atoms with van der Waals surface area (Å²) in [4.78, 5) is 17.5. The van der Waals surface area contributed by atoms with E-state index >= 15 is 0 Å². The lowest BCUT2D eigenvalue weighted by molar-refractivity contribution is -0.116. The fourth-order valence-electron chi connectivity index (χ4n) is 5.10. The number of amides is 1. The van der Waals surface area contributed by atoms with Gasteiger partial charge < -0.3 is 5.32 Å². The summed E-state index contributed by atoms with van der Waals surface area (Å²) in [6.07, 6.45) is 6.21. The molecule has 7 nitrogen and oxygen atoms in total. The molecule has 39 heavy (non-hydrogen) atoms. The lowest BCUT2D eigenvalue weighted by Gasteiger charge is -2.20. The molecule has 6 rings (SSSR count). The summed E-state index contributed by atoms with van der Waals surface area (Å²) in [6, 6.07) is 22.1. The third kappa shape index (κ3) is 5.28. The number of hydrogen-bond donors (Lipinski definition) is 1. The smallest absolute Gasteiger partial charge is 0.224 e. The first-order chi connectivity index (χ1) is 19.0. The molecule has 0 saturated carbocycles. The Bertz CT molecular complexity index is 1640. The monoisotopic (exact) mass is 538 g/mol. The molecule has 1 amide bonds. The largest absolute Gasteiger partial charge is 0.326 e. The van der Waals surface area contributed by atoms with E-state index < -0.39 is 0 Å². The number of rotatable bonds is 3. The van der Waals surface area contributed by atoms with Crippen LogP contribution in [0.4, 0.5) is 10.1 Å². The van der Waals surface area contributed by atoms with Crippen molar-refractivity contribution in [1.29, 1.82) is 0 Å². The number of nitrogens with one attached hydrogen (secondary N) is 1. The van der Waals surface area contributed by atoms with Gasteiger partial charge in [0.05, 0.1) is 5.69 Å². The van der Waals surface area contributed by atoms with Crippen molar-refractivity contribution in [2.24, 2.45) is 0 Å². The van der Waals surface area contributed by atoms with Crippen molar-refractivity contribution >= 4 is 23.2 Å². The predicted molar refractivity (Wildman–Crippen MR) is 148 cm³/mol. The van der Waals surface area contributed by atoms with Crippen LogP contribution in [-0.2, 0) is 4.79 Å². The van der Waals surface area contributed by atoms with Gasteiger partial charge in [-0.05, 0) is 76.9 Å². The minimum atomic E-state index is -0.351. The van der Waals surface area contributed by atoms with Crippen molar-refractivity contribution in [2.45, 2.75) is 31.6 Å². The zero-order valence-corrected chi connectivity index (χ0v) is 21.6. The van der Waals surface area contributed by atoms with E-state index in [1.807, 2.05) is 42.6 Å². The molecule has 1 aliphatic rings. The Balaban J connectivity index is 1.39. The SMILES string of the molecule is O=C1CCCC[C@H](c2ccc(-c3cc(Cl)ccc3-n3cnnn3)cn2)c2cccc(c2)-c2cc(F)ccc2N1. The van der Waals surface area contributed by atoms with Crippen LogP contribution in [0, 0.1) is 5.82 Å². The van der Waals surface area contributed by atoms with Gasteiger partial charge in [-0.1, -0.05) is 48.4 Å². The number of carbonyl (C=O) groups excluding carboxylic acids is 1. The Hall–Kier alpha value is -4.43. The fourth-order valence-corrected chi connectivity index (χ4v) is 5.27. The van der Waals surface area contributed by atoms with E-state index in [1.165, 1.54) is 18.5 Å². The van der Waals surface area contributed by atoms with Gasteiger partial charge in [0.2, 0.25) is 5.91 Å². The number of halogens is 2. The van der Waals surface area contributed by atoms with Crippen LogP contribution >= 0.6 is 11.6 Å². The van der Waals surface area contributed by atoms with Crippen molar-refractivity contribution < 1.29 is 9.18 Å². The number of aromatic nitrogens is 5. The van der Waals surface area contributed by atoms with E-state index in [9.17, 15) is 9.18 Å². The van der Waals surface area contributed by atoms with Gasteiger partial charge in [0.1, 0.15) is 12.1 Å². The molecule has 2 aromatic heterocycles. The van der Waals surface area contributed by atoms with Crippen LogP contribution in [0.5, 0.6) is 0 Å². The summed E-state index contributed by atoms with van der Waals surface area (Å²) in [5, 5.41) is 15.1. The van der Waals surface area contributed by atoms with Crippen LogP contribution in [0.3, 0.4) is 0 Å². The molecular formula is C30H24ClFN6O. The number of tetrazole rings is 1. The van der Waals surface area contributed by atoms with E-state index in [1.54, 1.807) is 16.8 Å². The summed E-state index contributed by atoms with van der Waals surface area (Å²) >= 11 is 6.33. The van der Waals surface area contributed by atoms with Gasteiger partial charge >= 0.3 is 0 Å². The number of fused-ring (bicyclic) bond motifs is 4. The molecule has 0 unspecified atom stereocenters. The normalized spacial score (nSPS) is 15.5. The Morgan fingerprint density at radius 1 is 0.949 bits per heavy atom. The summed E-state index contributed by atoms with van der Waals surface area (Å²) in [7, 11) is 0. The zero-order chi connectivity index (χ0) is 26.8. The van der Waals surface area contributed by atoms with Crippen LogP contribution in [0.25, 0.3) is 27.9 Å². The Labute approximate surface area is 229 Å². The molecule has 0 aliphatic carbocycles. The highest BCUT2D eigenvalue weighted by Gasteiger charge is 2.20. The first-order valence-electron chi connectivity index (χ1n) is 12.7. The van der Waals surface area contributed by atoms with E-state index in [0.29, 0.717) is 22.7 Å². The number of benzene rings is 3. The summed E-state index contributed by atoms with van der Waals surface area (Å²) in [5.74, 6) is -0.410. The molecule has 194 valence electrons. The Morgan fingerprint density at radius 2 is 1.87 bits per heavy atom. The molecule has 0 fully saturated rings. The highest BCUT2D eigenvalue weighted by molar-refractivity contribution is 6.31. The fraction of sp³-hybridized carbons (Fsp3) is 0.167. The average Bonchev–Trinajstić information content (AvgIpc) is 3.49. The van der Waals surface area contributed by atoms with E-state index in [2.05, 4.69) is 33.0 Å². The predicted octanol–water partition coefficient (Wildman–Crippen LogP) is 6.83. The van der Waals surface area contributed by atoms with Gasteiger partial charge in [0.25, 0.3) is 0 Å². The lowest BCUT2D eigenvalue weighted by Crippen LogP contribution is -2.13. The van der Waals surface area contributed by atoms with Crippen molar-refractivity contribution in [2.75, 3.05) is 5.32 Å². The molecule has 9 heteroatoms. The van der Waals surface area contributed by atoms with Crippen molar-refractivity contribution in [3.63, 3.8) is 0 Å². The zero-order valence-electron chi connectivity index (χ0n) is 20.9. The second-order valence-corrected chi connectivity index (χ2v) is 9.99. The number of nitrogens with zero attached hydrogens (tertiary/aromatic N) is 5. The Kier molecular flexibility index (Phi) is 6.85. The molecule has 1 atom stereocenters. The number of carbonyl (C=O) groups is 1. The van der Waals surface area contributed by atoms with Gasteiger partial charge in [-0.15, -0.1) is 5.10 Å². The molecule has 3 aromatic carbocycles. The molecule has 0 spiro atoms. The Morgan fingerprint density at radius 3 is 2.69 bits per heavy atom. The molecule has 1 aliphatic heterocycles. The number of pyridine rings is 1. The summed E-state index contributed by atoms with van der Waals surface area (Å²) < 4.78 is 15.8. The second-order valence-electron chi connectivity index (χ2n) is 9.55. The maximum absolute atomic E-state index is 14.2. The third-order valence-electron chi connectivity index (χ3n) is 7.01. The van der Waals surface area contributed by atoms with E-state index in [0.717, 1.165) is 52.9 Å². The van der Waals surface area contributed by atoms with Gasteiger partial charge in [-0.2, -0.15) is 4.68 Å². The van der Waals surface area contributed by atoms with Gasteiger partial charge in [0.15, 0.2) is 0 Å². The van der Waals surface area contributed by atoms with Gasteiger partial charge in [-0.25, -0.2) is 4.39 Å². The second kappa shape index (κ2) is 10.7. The maximum Gasteiger partial charge on any atom is 0.224 e. The first kappa shape index (κ1) is 24.9. The standard InChI is InChI=1S/C30H24ClFN6O/c31-22-9-13-29(38-18-34-36-37-38)26(15-22)21-8-11-27(33-17-21)24-6-1-2-7-30(39)35-28-12-10-23(32)16-25(28)20-5-3-4-19(24)14-20/h3-5,8-18,24H,1-2,6-7H2,(H,35,39)/t24-/m0/s1. The summed E-state index contributed by atoms with van der Waals surface area (Å²) in [6.45, 7) is 0.